The summed E-state index contributed by atoms with van der Waals surface area (Å²) in [6.07, 6.45) is 3.70. The molecule has 2 heterocycles. The predicted molar refractivity (Wildman–Crippen MR) is 89.4 cm³/mol. The van der Waals surface area contributed by atoms with Gasteiger partial charge < -0.3 is 9.84 Å². The first kappa shape index (κ1) is 14.9. The number of aryl methyl sites for hydroxylation is 3. The molecule has 1 aliphatic carbocycles. The van der Waals surface area contributed by atoms with Crippen LogP contribution in [0.5, 0.6) is 0 Å². The number of allylic oxidation sites excluding steroid dienone is 1. The van der Waals surface area contributed by atoms with Crippen molar-refractivity contribution in [2.45, 2.75) is 58.7 Å². The average Bonchev–Trinajstić information content (AvgIpc) is 3.21. The number of carbonyl (C=O) groups is 1. The summed E-state index contributed by atoms with van der Waals surface area (Å²) in [5.74, 6) is 0.139. The third-order valence-electron chi connectivity index (χ3n) is 5.85. The smallest absolute Gasteiger partial charge is 0.173 e. The van der Waals surface area contributed by atoms with E-state index in [9.17, 15) is 9.90 Å². The number of ketones is 1. The Hall–Kier alpha value is -1.61. The van der Waals surface area contributed by atoms with Crippen LogP contribution in [0.1, 0.15) is 48.9 Å². The van der Waals surface area contributed by atoms with Gasteiger partial charge >= 0.3 is 0 Å². The first-order valence-electron chi connectivity index (χ1n) is 8.82. The average molecular weight is 312 g/mol. The molecule has 0 spiro atoms. The SMILES string of the molecule is CCc1cc(C)cc(CC)c1C1=C(O)[C@@H]2C3CCC(O3)[C@@H]2C1=O. The Morgan fingerprint density at radius 1 is 1.09 bits per heavy atom. The van der Waals surface area contributed by atoms with Crippen molar-refractivity contribution in [3.8, 4) is 0 Å². The van der Waals surface area contributed by atoms with Crippen molar-refractivity contribution in [3.63, 3.8) is 0 Å². The molecule has 3 heteroatoms. The van der Waals surface area contributed by atoms with E-state index >= 15 is 0 Å². The Morgan fingerprint density at radius 3 is 2.17 bits per heavy atom. The van der Waals surface area contributed by atoms with Crippen LogP contribution in [0.4, 0.5) is 0 Å². The molecule has 23 heavy (non-hydrogen) atoms. The van der Waals surface area contributed by atoms with E-state index in [0.717, 1.165) is 31.2 Å². The van der Waals surface area contributed by atoms with E-state index in [2.05, 4.69) is 32.9 Å². The number of aliphatic hydroxyl groups is 1. The van der Waals surface area contributed by atoms with Gasteiger partial charge in [0.2, 0.25) is 0 Å². The van der Waals surface area contributed by atoms with Crippen molar-refractivity contribution >= 4 is 11.4 Å². The van der Waals surface area contributed by atoms with E-state index < -0.39 is 0 Å². The molecule has 2 aliphatic heterocycles. The van der Waals surface area contributed by atoms with E-state index in [1.54, 1.807) is 0 Å². The van der Waals surface area contributed by atoms with Crippen LogP contribution in [0.2, 0.25) is 0 Å². The molecule has 1 N–H and O–H groups in total. The molecule has 2 unspecified atom stereocenters. The molecule has 3 nitrogen and oxygen atoms in total. The summed E-state index contributed by atoms with van der Waals surface area (Å²) in [6, 6.07) is 4.31. The zero-order valence-electron chi connectivity index (χ0n) is 14.1. The maximum Gasteiger partial charge on any atom is 0.173 e. The second-order valence-electron chi connectivity index (χ2n) is 7.13. The van der Waals surface area contributed by atoms with Gasteiger partial charge in [0.1, 0.15) is 5.76 Å². The molecule has 4 rings (SSSR count). The van der Waals surface area contributed by atoms with Gasteiger partial charge in [-0.1, -0.05) is 31.5 Å². The van der Waals surface area contributed by atoms with Gasteiger partial charge in [0.25, 0.3) is 0 Å². The zero-order valence-corrected chi connectivity index (χ0v) is 14.1. The Labute approximate surface area is 137 Å². The number of aliphatic hydroxyl groups excluding tert-OH is 1. The predicted octanol–water partition coefficient (Wildman–Crippen LogP) is 3.77. The van der Waals surface area contributed by atoms with E-state index in [1.807, 2.05) is 0 Å². The molecule has 0 amide bonds. The molecule has 2 bridgehead atoms. The number of ether oxygens (including phenoxy) is 1. The summed E-state index contributed by atoms with van der Waals surface area (Å²) in [7, 11) is 0. The summed E-state index contributed by atoms with van der Waals surface area (Å²) < 4.78 is 5.88. The van der Waals surface area contributed by atoms with Crippen molar-refractivity contribution in [1.82, 2.24) is 0 Å². The fourth-order valence-corrected chi connectivity index (χ4v) is 4.89. The second-order valence-corrected chi connectivity index (χ2v) is 7.13. The molecule has 0 radical (unpaired) electrons. The second kappa shape index (κ2) is 5.20. The Balaban J connectivity index is 1.90. The minimum absolute atomic E-state index is 0.0118. The first-order valence-corrected chi connectivity index (χ1v) is 8.82. The van der Waals surface area contributed by atoms with Crippen LogP contribution in [-0.2, 0) is 22.4 Å². The molecule has 0 aromatic heterocycles. The van der Waals surface area contributed by atoms with Gasteiger partial charge in [0, 0.05) is 0 Å². The van der Waals surface area contributed by atoms with Gasteiger partial charge in [-0.15, -0.1) is 0 Å². The van der Waals surface area contributed by atoms with E-state index in [1.165, 1.54) is 16.7 Å². The highest BCUT2D eigenvalue weighted by molar-refractivity contribution is 6.26. The largest absolute Gasteiger partial charge is 0.511 e. The minimum atomic E-state index is -0.153. The van der Waals surface area contributed by atoms with Crippen LogP contribution in [0, 0.1) is 18.8 Å². The monoisotopic (exact) mass is 312 g/mol. The molecule has 4 atom stereocenters. The third-order valence-corrected chi connectivity index (χ3v) is 5.85. The fourth-order valence-electron chi connectivity index (χ4n) is 4.89. The maximum atomic E-state index is 13.1. The van der Waals surface area contributed by atoms with Gasteiger partial charge in [-0.2, -0.15) is 0 Å². The highest BCUT2D eigenvalue weighted by Crippen LogP contribution is 2.54. The maximum absolute atomic E-state index is 13.1. The van der Waals surface area contributed by atoms with Crippen molar-refractivity contribution in [3.05, 3.63) is 40.1 Å². The fraction of sp³-hybridized carbons (Fsp3) is 0.550. The molecular weight excluding hydrogens is 288 g/mol. The Morgan fingerprint density at radius 2 is 1.65 bits per heavy atom. The third kappa shape index (κ3) is 1.96. The molecule has 1 aromatic carbocycles. The molecule has 1 aromatic rings. The molecule has 2 fully saturated rings. The number of benzene rings is 1. The van der Waals surface area contributed by atoms with E-state index in [0.29, 0.717) is 11.3 Å². The van der Waals surface area contributed by atoms with Crippen molar-refractivity contribution in [2.75, 3.05) is 0 Å². The number of carbonyl (C=O) groups excluding carboxylic acids is 1. The lowest BCUT2D eigenvalue weighted by Gasteiger charge is -2.19. The van der Waals surface area contributed by atoms with Crippen LogP contribution in [0.15, 0.2) is 17.9 Å². The lowest BCUT2D eigenvalue weighted by Crippen LogP contribution is -2.29. The summed E-state index contributed by atoms with van der Waals surface area (Å²) in [5.41, 5.74) is 5.15. The summed E-state index contributed by atoms with van der Waals surface area (Å²) in [5, 5.41) is 10.9. The summed E-state index contributed by atoms with van der Waals surface area (Å²) in [4.78, 5) is 13.1. The number of rotatable bonds is 3. The van der Waals surface area contributed by atoms with Gasteiger partial charge in [-0.3, -0.25) is 4.79 Å². The topological polar surface area (TPSA) is 46.5 Å². The normalized spacial score (nSPS) is 32.0. The Bertz CT molecular complexity index is 691. The standard InChI is InChI=1S/C20H24O3/c1-4-11-8-10(3)9-12(5-2)15(11)18-19(21)16-13-6-7-14(23-13)17(16)20(18)22/h8-9,13-14,16-17,21H,4-7H2,1-3H3/t13?,14?,16-,17+/m1/s1. The molecule has 3 aliphatic rings. The quantitative estimate of drug-likeness (QED) is 0.924. The summed E-state index contributed by atoms with van der Waals surface area (Å²) >= 11 is 0. The van der Waals surface area contributed by atoms with E-state index in [4.69, 9.17) is 4.74 Å². The molecule has 2 saturated heterocycles. The molecular formula is C20H24O3. The van der Waals surface area contributed by atoms with Crippen LogP contribution in [0.25, 0.3) is 5.57 Å². The van der Waals surface area contributed by atoms with Gasteiger partial charge in [0.05, 0.1) is 29.6 Å². The Kier molecular flexibility index (Phi) is 3.38. The molecule has 0 saturated carbocycles. The van der Waals surface area contributed by atoms with Crippen LogP contribution in [0.3, 0.4) is 0 Å². The lowest BCUT2D eigenvalue weighted by atomic mass is 9.80. The minimum Gasteiger partial charge on any atom is -0.511 e. The highest BCUT2D eigenvalue weighted by atomic mass is 16.5. The summed E-state index contributed by atoms with van der Waals surface area (Å²) in [6.45, 7) is 6.32. The van der Waals surface area contributed by atoms with Gasteiger partial charge in [-0.25, -0.2) is 0 Å². The zero-order chi connectivity index (χ0) is 16.3. The molecule has 122 valence electrons. The number of hydrogen-bond acceptors (Lipinski definition) is 3. The van der Waals surface area contributed by atoms with Gasteiger partial charge in [-0.05, 0) is 49.3 Å². The van der Waals surface area contributed by atoms with Gasteiger partial charge in [0.15, 0.2) is 5.78 Å². The highest BCUT2D eigenvalue weighted by Gasteiger charge is 2.59. The van der Waals surface area contributed by atoms with Crippen LogP contribution in [-0.4, -0.2) is 23.1 Å². The van der Waals surface area contributed by atoms with E-state index in [-0.39, 0.29) is 29.8 Å². The first-order chi connectivity index (χ1) is 11.1. The number of Topliss-reactive ketones (excluding diaryl/α,β-unsaturated/α-hetero) is 1. The number of fused-ring (bicyclic) bond motifs is 5. The van der Waals surface area contributed by atoms with Crippen molar-refractivity contribution < 1.29 is 14.6 Å². The van der Waals surface area contributed by atoms with Crippen molar-refractivity contribution in [2.24, 2.45) is 11.8 Å². The number of hydrogen-bond donors (Lipinski definition) is 1. The van der Waals surface area contributed by atoms with Crippen molar-refractivity contribution in [1.29, 1.82) is 0 Å². The lowest BCUT2D eigenvalue weighted by molar-refractivity contribution is -0.118. The van der Waals surface area contributed by atoms with Crippen LogP contribution < -0.4 is 0 Å². The van der Waals surface area contributed by atoms with Crippen LogP contribution >= 0.6 is 0 Å².